The van der Waals surface area contributed by atoms with Crippen LogP contribution in [-0.2, 0) is 4.79 Å². The molecule has 0 fully saturated rings. The number of aryl methyl sites for hydroxylation is 2. The molecule has 0 aliphatic rings. The Morgan fingerprint density at radius 3 is 2.44 bits per heavy atom. The first kappa shape index (κ1) is 13.0. The van der Waals surface area contributed by atoms with E-state index in [1.54, 1.807) is 0 Å². The molecule has 1 aromatic rings. The van der Waals surface area contributed by atoms with Crippen molar-refractivity contribution in [1.82, 2.24) is 0 Å². The van der Waals surface area contributed by atoms with E-state index in [1.165, 1.54) is 0 Å². The second kappa shape index (κ2) is 5.32. The first-order valence-corrected chi connectivity index (χ1v) is 5.70. The lowest BCUT2D eigenvalue weighted by atomic mass is 10.1. The molecule has 0 saturated heterocycles. The minimum absolute atomic E-state index is 0.218. The Hall–Kier alpha value is -1.07. The minimum Gasteiger partial charge on any atom is -0.480 e. The van der Waals surface area contributed by atoms with Crippen LogP contribution in [0.15, 0.2) is 16.6 Å². The predicted molar refractivity (Wildman–Crippen MR) is 67.7 cm³/mol. The second-order valence-electron chi connectivity index (χ2n) is 3.75. The molecule has 1 rings (SSSR count). The molecular formula is C11H15BrN2O2. The van der Waals surface area contributed by atoms with E-state index in [2.05, 4.69) is 21.2 Å². The van der Waals surface area contributed by atoms with Crippen LogP contribution < -0.4 is 11.1 Å². The Kier molecular flexibility index (Phi) is 4.32. The number of halogens is 1. The molecular weight excluding hydrogens is 272 g/mol. The van der Waals surface area contributed by atoms with Gasteiger partial charge in [-0.1, -0.05) is 15.9 Å². The van der Waals surface area contributed by atoms with Crippen molar-refractivity contribution in [3.8, 4) is 0 Å². The summed E-state index contributed by atoms with van der Waals surface area (Å²) in [6, 6.07) is 3.02. The Morgan fingerprint density at radius 2 is 2.00 bits per heavy atom. The highest BCUT2D eigenvalue weighted by molar-refractivity contribution is 9.10. The summed E-state index contributed by atoms with van der Waals surface area (Å²) in [7, 11) is 0. The fraction of sp³-hybridized carbons (Fsp3) is 0.364. The molecule has 1 aromatic carbocycles. The summed E-state index contributed by atoms with van der Waals surface area (Å²) >= 11 is 3.47. The number of benzene rings is 1. The van der Waals surface area contributed by atoms with E-state index in [1.807, 2.05) is 26.0 Å². The third kappa shape index (κ3) is 3.21. The molecule has 4 N–H and O–H groups in total. The summed E-state index contributed by atoms with van der Waals surface area (Å²) in [5, 5.41) is 11.6. The number of carboxylic acid groups (broad SMARTS) is 1. The number of nitrogens with two attached hydrogens (primary N) is 1. The number of hydrogen-bond acceptors (Lipinski definition) is 3. The number of aliphatic carboxylic acids is 1. The van der Waals surface area contributed by atoms with E-state index < -0.39 is 12.0 Å². The Bertz CT molecular complexity index is 384. The smallest absolute Gasteiger partial charge is 0.322 e. The lowest BCUT2D eigenvalue weighted by Crippen LogP contribution is -2.36. The Labute approximate surface area is 103 Å². The molecule has 0 bridgehead atoms. The van der Waals surface area contributed by atoms with E-state index in [-0.39, 0.29) is 6.54 Å². The van der Waals surface area contributed by atoms with Gasteiger partial charge in [-0.25, -0.2) is 0 Å². The highest BCUT2D eigenvalue weighted by Crippen LogP contribution is 2.24. The van der Waals surface area contributed by atoms with Gasteiger partial charge in [0.15, 0.2) is 0 Å². The number of carbonyl (C=O) groups is 1. The van der Waals surface area contributed by atoms with Crippen LogP contribution in [-0.4, -0.2) is 23.7 Å². The van der Waals surface area contributed by atoms with Crippen molar-refractivity contribution < 1.29 is 9.90 Å². The van der Waals surface area contributed by atoms with E-state index in [4.69, 9.17) is 10.8 Å². The third-order valence-electron chi connectivity index (χ3n) is 2.28. The van der Waals surface area contributed by atoms with Gasteiger partial charge in [0.1, 0.15) is 6.04 Å². The maximum Gasteiger partial charge on any atom is 0.322 e. The largest absolute Gasteiger partial charge is 0.480 e. The van der Waals surface area contributed by atoms with Crippen LogP contribution in [0.2, 0.25) is 0 Å². The summed E-state index contributed by atoms with van der Waals surface area (Å²) in [5.41, 5.74) is 8.49. The van der Waals surface area contributed by atoms with Gasteiger partial charge in [-0.15, -0.1) is 0 Å². The SMILES string of the molecule is Cc1cc(NCC(N)C(=O)O)cc(C)c1Br. The zero-order valence-electron chi connectivity index (χ0n) is 9.25. The highest BCUT2D eigenvalue weighted by Gasteiger charge is 2.11. The summed E-state index contributed by atoms with van der Waals surface area (Å²) in [5.74, 6) is -1.00. The van der Waals surface area contributed by atoms with E-state index >= 15 is 0 Å². The number of hydrogen-bond donors (Lipinski definition) is 3. The maximum atomic E-state index is 10.5. The highest BCUT2D eigenvalue weighted by atomic mass is 79.9. The normalized spacial score (nSPS) is 12.2. The van der Waals surface area contributed by atoms with Crippen molar-refractivity contribution in [3.05, 3.63) is 27.7 Å². The van der Waals surface area contributed by atoms with Gasteiger partial charge in [-0.2, -0.15) is 0 Å². The molecule has 0 amide bonds. The number of carboxylic acids is 1. The zero-order chi connectivity index (χ0) is 12.3. The van der Waals surface area contributed by atoms with Gasteiger partial charge in [0, 0.05) is 16.7 Å². The van der Waals surface area contributed by atoms with E-state index in [0.29, 0.717) is 0 Å². The van der Waals surface area contributed by atoms with Gasteiger partial charge in [-0.3, -0.25) is 4.79 Å². The first-order valence-electron chi connectivity index (χ1n) is 4.91. The molecule has 0 saturated carbocycles. The quantitative estimate of drug-likeness (QED) is 0.790. The molecule has 4 nitrogen and oxygen atoms in total. The standard InChI is InChI=1S/C11H15BrN2O2/c1-6-3-8(4-7(2)10(6)12)14-5-9(13)11(15)16/h3-4,9,14H,5,13H2,1-2H3,(H,15,16). The van der Waals surface area contributed by atoms with Gasteiger partial charge in [0.25, 0.3) is 0 Å². The monoisotopic (exact) mass is 286 g/mol. The second-order valence-corrected chi connectivity index (χ2v) is 4.54. The van der Waals surface area contributed by atoms with Gasteiger partial charge < -0.3 is 16.2 Å². The van der Waals surface area contributed by atoms with Crippen LogP contribution in [0.1, 0.15) is 11.1 Å². The number of nitrogens with one attached hydrogen (secondary N) is 1. The summed E-state index contributed by atoms with van der Waals surface area (Å²) in [6.07, 6.45) is 0. The van der Waals surface area contributed by atoms with Crippen molar-refractivity contribution in [2.24, 2.45) is 5.73 Å². The molecule has 0 radical (unpaired) electrons. The zero-order valence-corrected chi connectivity index (χ0v) is 10.8. The van der Waals surface area contributed by atoms with Gasteiger partial charge in [-0.05, 0) is 37.1 Å². The molecule has 5 heteroatoms. The lowest BCUT2D eigenvalue weighted by Gasteiger charge is -2.12. The summed E-state index contributed by atoms with van der Waals surface area (Å²) in [4.78, 5) is 10.5. The van der Waals surface area contributed by atoms with Crippen LogP contribution in [0.4, 0.5) is 5.69 Å². The average Bonchev–Trinajstić information content (AvgIpc) is 2.22. The van der Waals surface area contributed by atoms with Crippen molar-refractivity contribution >= 4 is 27.6 Å². The fourth-order valence-electron chi connectivity index (χ4n) is 1.36. The van der Waals surface area contributed by atoms with Crippen LogP contribution in [0.25, 0.3) is 0 Å². The first-order chi connectivity index (χ1) is 7.41. The molecule has 16 heavy (non-hydrogen) atoms. The summed E-state index contributed by atoms with van der Waals surface area (Å²) in [6.45, 7) is 4.19. The minimum atomic E-state index is -1.00. The predicted octanol–water partition coefficient (Wildman–Crippen LogP) is 1.89. The van der Waals surface area contributed by atoms with Crippen LogP contribution in [0, 0.1) is 13.8 Å². The number of anilines is 1. The van der Waals surface area contributed by atoms with Crippen LogP contribution >= 0.6 is 15.9 Å². The molecule has 0 spiro atoms. The molecule has 0 aliphatic carbocycles. The summed E-state index contributed by atoms with van der Waals surface area (Å²) < 4.78 is 1.07. The van der Waals surface area contributed by atoms with E-state index in [0.717, 1.165) is 21.3 Å². The van der Waals surface area contributed by atoms with Gasteiger partial charge in [0.05, 0.1) is 0 Å². The Morgan fingerprint density at radius 1 is 1.50 bits per heavy atom. The molecule has 0 heterocycles. The van der Waals surface area contributed by atoms with Crippen molar-refractivity contribution in [1.29, 1.82) is 0 Å². The van der Waals surface area contributed by atoms with Gasteiger partial charge >= 0.3 is 5.97 Å². The average molecular weight is 287 g/mol. The van der Waals surface area contributed by atoms with Crippen molar-refractivity contribution in [2.45, 2.75) is 19.9 Å². The third-order valence-corrected chi connectivity index (χ3v) is 3.53. The van der Waals surface area contributed by atoms with Crippen molar-refractivity contribution in [3.63, 3.8) is 0 Å². The maximum absolute atomic E-state index is 10.5. The van der Waals surface area contributed by atoms with E-state index in [9.17, 15) is 4.79 Å². The fourth-order valence-corrected chi connectivity index (χ4v) is 1.59. The molecule has 1 atom stereocenters. The van der Waals surface area contributed by atoms with Gasteiger partial charge in [0.2, 0.25) is 0 Å². The van der Waals surface area contributed by atoms with Crippen LogP contribution in [0.3, 0.4) is 0 Å². The van der Waals surface area contributed by atoms with Crippen LogP contribution in [0.5, 0.6) is 0 Å². The molecule has 88 valence electrons. The van der Waals surface area contributed by atoms with Crippen molar-refractivity contribution in [2.75, 3.05) is 11.9 Å². The molecule has 0 aliphatic heterocycles. The number of rotatable bonds is 4. The molecule has 0 aromatic heterocycles. The molecule has 1 unspecified atom stereocenters. The topological polar surface area (TPSA) is 75.3 Å². The lowest BCUT2D eigenvalue weighted by molar-refractivity contribution is -0.138. The Balaban J connectivity index is 2.72.